The van der Waals surface area contributed by atoms with Crippen molar-refractivity contribution >= 4 is 17.0 Å². The minimum absolute atomic E-state index is 0.111. The molecule has 2 aromatic rings. The van der Waals surface area contributed by atoms with Gasteiger partial charge >= 0.3 is 0 Å². The molecule has 1 fully saturated rings. The molecule has 0 spiro atoms. The first-order valence-corrected chi connectivity index (χ1v) is 7.38. The highest BCUT2D eigenvalue weighted by Gasteiger charge is 2.17. The van der Waals surface area contributed by atoms with E-state index in [0.29, 0.717) is 18.7 Å². The van der Waals surface area contributed by atoms with E-state index in [1.807, 2.05) is 0 Å². The van der Waals surface area contributed by atoms with E-state index in [-0.39, 0.29) is 17.6 Å². The van der Waals surface area contributed by atoms with E-state index >= 15 is 0 Å². The summed E-state index contributed by atoms with van der Waals surface area (Å²) in [4.78, 5) is 4.06. The number of nitrogens with zero attached hydrogens (tertiary/aromatic N) is 2. The molecular weight excluding hydrogens is 276 g/mol. The molecule has 1 saturated carbocycles. The summed E-state index contributed by atoms with van der Waals surface area (Å²) in [5.74, 6) is -1.62. The maximum Gasteiger partial charge on any atom is 0.201 e. The predicted octanol–water partition coefficient (Wildman–Crippen LogP) is 3.25. The molecule has 1 aliphatic rings. The summed E-state index contributed by atoms with van der Waals surface area (Å²) >= 11 is 0. The van der Waals surface area contributed by atoms with E-state index in [1.165, 1.54) is 29.9 Å². The van der Waals surface area contributed by atoms with Gasteiger partial charge in [-0.2, -0.15) is 0 Å². The summed E-state index contributed by atoms with van der Waals surface area (Å²) in [6.07, 6.45) is 6.08. The van der Waals surface area contributed by atoms with Crippen molar-refractivity contribution in [1.29, 1.82) is 0 Å². The van der Waals surface area contributed by atoms with Crippen molar-refractivity contribution in [2.75, 3.05) is 12.3 Å². The highest BCUT2D eigenvalue weighted by atomic mass is 19.2. The molecule has 4 nitrogen and oxygen atoms in total. The van der Waals surface area contributed by atoms with Gasteiger partial charge in [0, 0.05) is 6.54 Å². The van der Waals surface area contributed by atoms with Crippen molar-refractivity contribution in [3.63, 3.8) is 0 Å². The SMILES string of the molecule is Nc1nc2ccc(F)c(F)c2n1CCOC1CCCCC1. The van der Waals surface area contributed by atoms with Crippen LogP contribution in [0, 0.1) is 11.6 Å². The summed E-state index contributed by atoms with van der Waals surface area (Å²) in [7, 11) is 0. The number of benzene rings is 1. The molecule has 0 atom stereocenters. The monoisotopic (exact) mass is 295 g/mol. The molecule has 0 aliphatic heterocycles. The maximum absolute atomic E-state index is 13.9. The summed E-state index contributed by atoms with van der Waals surface area (Å²) < 4.78 is 34.6. The Kier molecular flexibility index (Phi) is 4.05. The van der Waals surface area contributed by atoms with Gasteiger partial charge in [0.1, 0.15) is 5.52 Å². The first-order valence-electron chi connectivity index (χ1n) is 7.38. The van der Waals surface area contributed by atoms with Crippen LogP contribution < -0.4 is 5.73 Å². The Labute approximate surface area is 121 Å². The minimum atomic E-state index is -0.908. The summed E-state index contributed by atoms with van der Waals surface area (Å²) in [6, 6.07) is 2.50. The summed E-state index contributed by atoms with van der Waals surface area (Å²) in [5, 5.41) is 0. The minimum Gasteiger partial charge on any atom is -0.376 e. The molecule has 0 bridgehead atoms. The van der Waals surface area contributed by atoms with E-state index in [2.05, 4.69) is 4.98 Å². The van der Waals surface area contributed by atoms with Crippen molar-refractivity contribution in [2.24, 2.45) is 0 Å². The van der Waals surface area contributed by atoms with Gasteiger partial charge in [0.2, 0.25) is 5.95 Å². The van der Waals surface area contributed by atoms with E-state index in [4.69, 9.17) is 10.5 Å². The van der Waals surface area contributed by atoms with Crippen LogP contribution in [0.2, 0.25) is 0 Å². The van der Waals surface area contributed by atoms with Gasteiger partial charge in [0.05, 0.1) is 18.2 Å². The Morgan fingerprint density at radius 3 is 2.76 bits per heavy atom. The van der Waals surface area contributed by atoms with Crippen LogP contribution in [0.4, 0.5) is 14.7 Å². The van der Waals surface area contributed by atoms with Gasteiger partial charge in [0.15, 0.2) is 11.6 Å². The number of aromatic nitrogens is 2. The fourth-order valence-corrected chi connectivity index (χ4v) is 2.94. The fourth-order valence-electron chi connectivity index (χ4n) is 2.94. The van der Waals surface area contributed by atoms with Crippen LogP contribution in [0.5, 0.6) is 0 Å². The maximum atomic E-state index is 13.9. The van der Waals surface area contributed by atoms with E-state index in [1.54, 1.807) is 0 Å². The van der Waals surface area contributed by atoms with Crippen molar-refractivity contribution in [3.8, 4) is 0 Å². The van der Waals surface area contributed by atoms with Crippen molar-refractivity contribution in [3.05, 3.63) is 23.8 Å². The Balaban J connectivity index is 1.74. The zero-order chi connectivity index (χ0) is 14.8. The second-order valence-electron chi connectivity index (χ2n) is 5.48. The van der Waals surface area contributed by atoms with Gasteiger partial charge in [-0.15, -0.1) is 0 Å². The number of halogens is 2. The van der Waals surface area contributed by atoms with Gasteiger partial charge in [-0.1, -0.05) is 19.3 Å². The largest absolute Gasteiger partial charge is 0.376 e. The Morgan fingerprint density at radius 2 is 2.00 bits per heavy atom. The van der Waals surface area contributed by atoms with Crippen LogP contribution in [-0.4, -0.2) is 22.3 Å². The molecule has 0 radical (unpaired) electrons. The van der Waals surface area contributed by atoms with Crippen molar-refractivity contribution in [2.45, 2.75) is 44.8 Å². The third-order valence-electron chi connectivity index (χ3n) is 4.05. The van der Waals surface area contributed by atoms with E-state index < -0.39 is 11.6 Å². The topological polar surface area (TPSA) is 53.1 Å². The Bertz CT molecular complexity index is 635. The number of rotatable bonds is 4. The Hall–Kier alpha value is -1.69. The van der Waals surface area contributed by atoms with Crippen LogP contribution in [0.1, 0.15) is 32.1 Å². The molecule has 0 saturated heterocycles. The molecule has 1 aromatic heterocycles. The molecule has 114 valence electrons. The fraction of sp³-hybridized carbons (Fsp3) is 0.533. The molecule has 0 unspecified atom stereocenters. The lowest BCUT2D eigenvalue weighted by atomic mass is 9.98. The van der Waals surface area contributed by atoms with Crippen LogP contribution in [0.3, 0.4) is 0 Å². The van der Waals surface area contributed by atoms with Crippen molar-refractivity contribution < 1.29 is 13.5 Å². The second-order valence-corrected chi connectivity index (χ2v) is 5.48. The molecule has 21 heavy (non-hydrogen) atoms. The summed E-state index contributed by atoms with van der Waals surface area (Å²) in [5.41, 5.74) is 6.27. The third kappa shape index (κ3) is 2.85. The zero-order valence-corrected chi connectivity index (χ0v) is 11.8. The number of fused-ring (bicyclic) bond motifs is 1. The van der Waals surface area contributed by atoms with Gasteiger partial charge in [-0.25, -0.2) is 13.8 Å². The van der Waals surface area contributed by atoms with E-state index in [0.717, 1.165) is 18.9 Å². The predicted molar refractivity (Wildman–Crippen MR) is 76.9 cm³/mol. The lowest BCUT2D eigenvalue weighted by Crippen LogP contribution is -2.19. The molecule has 6 heteroatoms. The summed E-state index contributed by atoms with van der Waals surface area (Å²) in [6.45, 7) is 0.801. The number of hydrogen-bond acceptors (Lipinski definition) is 3. The average molecular weight is 295 g/mol. The zero-order valence-electron chi connectivity index (χ0n) is 11.8. The molecule has 3 rings (SSSR count). The highest BCUT2D eigenvalue weighted by molar-refractivity contribution is 5.79. The number of nitrogens with two attached hydrogens (primary N) is 1. The van der Waals surface area contributed by atoms with Gasteiger partial charge in [-0.3, -0.25) is 0 Å². The number of imidazole rings is 1. The number of nitrogen functional groups attached to an aromatic ring is 1. The van der Waals surface area contributed by atoms with Crippen molar-refractivity contribution in [1.82, 2.24) is 9.55 Å². The Morgan fingerprint density at radius 1 is 1.24 bits per heavy atom. The molecular formula is C15H19F2N3O. The molecule has 1 heterocycles. The molecule has 2 N–H and O–H groups in total. The standard InChI is InChI=1S/C15H19F2N3O/c16-11-6-7-12-14(13(11)17)20(15(18)19-12)8-9-21-10-4-2-1-3-5-10/h6-7,10H,1-5,8-9H2,(H2,18,19). The van der Waals surface area contributed by atoms with Gasteiger partial charge in [-0.05, 0) is 25.0 Å². The molecule has 1 aliphatic carbocycles. The first-order chi connectivity index (χ1) is 10.2. The van der Waals surface area contributed by atoms with E-state index in [9.17, 15) is 8.78 Å². The number of ether oxygens (including phenoxy) is 1. The highest BCUT2D eigenvalue weighted by Crippen LogP contribution is 2.24. The lowest BCUT2D eigenvalue weighted by Gasteiger charge is -2.22. The van der Waals surface area contributed by atoms with Crippen LogP contribution >= 0.6 is 0 Å². The number of hydrogen-bond donors (Lipinski definition) is 1. The smallest absolute Gasteiger partial charge is 0.201 e. The first kappa shape index (κ1) is 14.3. The normalized spacial score (nSPS) is 16.7. The quantitative estimate of drug-likeness (QED) is 0.942. The van der Waals surface area contributed by atoms with Crippen LogP contribution in [0.15, 0.2) is 12.1 Å². The number of anilines is 1. The second kappa shape index (κ2) is 5.97. The van der Waals surface area contributed by atoms with Gasteiger partial charge < -0.3 is 15.0 Å². The van der Waals surface area contributed by atoms with Gasteiger partial charge in [0.25, 0.3) is 0 Å². The average Bonchev–Trinajstić information content (AvgIpc) is 2.81. The lowest BCUT2D eigenvalue weighted by molar-refractivity contribution is 0.0246. The third-order valence-corrected chi connectivity index (χ3v) is 4.05. The van der Waals surface area contributed by atoms with Crippen LogP contribution in [-0.2, 0) is 11.3 Å². The van der Waals surface area contributed by atoms with Crippen LogP contribution in [0.25, 0.3) is 11.0 Å². The molecule has 0 amide bonds. The molecule has 1 aromatic carbocycles.